The molecule has 1 rings (SSSR count). The predicted molar refractivity (Wildman–Crippen MR) is 44.9 cm³/mol. The highest BCUT2D eigenvalue weighted by molar-refractivity contribution is 5.67. The molecule has 1 fully saturated rings. The molecule has 0 saturated carbocycles. The van der Waals surface area contributed by atoms with Gasteiger partial charge < -0.3 is 25.2 Å². The van der Waals surface area contributed by atoms with Crippen molar-refractivity contribution in [2.24, 2.45) is 0 Å². The molecule has 0 aromatic carbocycles. The van der Waals surface area contributed by atoms with Crippen LogP contribution in [0.1, 0.15) is 6.92 Å². The van der Waals surface area contributed by atoms with Crippen LogP contribution in [0.5, 0.6) is 0 Å². The molecule has 84 valence electrons. The van der Waals surface area contributed by atoms with Crippen LogP contribution in [0.15, 0.2) is 0 Å². The molecule has 4 N–H and O–H groups in total. The number of rotatable bonds is 2. The summed E-state index contributed by atoms with van der Waals surface area (Å²) in [5.74, 6) is -2.38. The zero-order valence-electron chi connectivity index (χ0n) is 7.71. The van der Waals surface area contributed by atoms with Crippen LogP contribution in [0.2, 0.25) is 0 Å². The van der Waals surface area contributed by atoms with Crippen LogP contribution >= 0.6 is 0 Å². The largest absolute Gasteiger partial charge is 0.480 e. The molecule has 0 radical (unpaired) electrons. The first-order valence-corrected chi connectivity index (χ1v) is 3.71. The SMILES string of the molecule is CC1CO1.O=C(O)CO.O=C(O)CO. The van der Waals surface area contributed by atoms with Crippen molar-refractivity contribution in [1.82, 2.24) is 0 Å². The first-order valence-electron chi connectivity index (χ1n) is 3.71. The maximum Gasteiger partial charge on any atom is 0.329 e. The fourth-order valence-corrected chi connectivity index (χ4v) is 0.0962. The third kappa shape index (κ3) is 30.8. The van der Waals surface area contributed by atoms with Crippen LogP contribution in [-0.2, 0) is 14.3 Å². The number of aliphatic hydroxyl groups excluding tert-OH is 2. The van der Waals surface area contributed by atoms with Crippen molar-refractivity contribution in [3.05, 3.63) is 0 Å². The highest BCUT2D eigenvalue weighted by atomic mass is 16.6. The maximum absolute atomic E-state index is 9.12. The lowest BCUT2D eigenvalue weighted by Gasteiger charge is -1.72. The van der Waals surface area contributed by atoms with Crippen LogP contribution in [0.3, 0.4) is 0 Å². The number of aliphatic hydroxyl groups is 2. The second-order valence-corrected chi connectivity index (χ2v) is 2.25. The summed E-state index contributed by atoms with van der Waals surface area (Å²) >= 11 is 0. The molecule has 0 spiro atoms. The molecule has 1 aliphatic rings. The van der Waals surface area contributed by atoms with Crippen molar-refractivity contribution < 1.29 is 34.8 Å². The van der Waals surface area contributed by atoms with Gasteiger partial charge in [-0.25, -0.2) is 9.59 Å². The maximum atomic E-state index is 9.12. The smallest absolute Gasteiger partial charge is 0.329 e. The van der Waals surface area contributed by atoms with Gasteiger partial charge in [0.25, 0.3) is 0 Å². The molecule has 14 heavy (non-hydrogen) atoms. The lowest BCUT2D eigenvalue weighted by Crippen LogP contribution is -1.98. The van der Waals surface area contributed by atoms with E-state index in [-0.39, 0.29) is 0 Å². The van der Waals surface area contributed by atoms with Gasteiger partial charge in [-0.2, -0.15) is 0 Å². The number of carbonyl (C=O) groups is 2. The van der Waals surface area contributed by atoms with E-state index in [0.29, 0.717) is 6.10 Å². The standard InChI is InChI=1S/C3H6O.2C2H4O3/c1-3-2-4-3;2*3-1-2(4)5/h3H,2H2,1H3;2*3H,1H2,(H,4,5). The number of hydrogen-bond acceptors (Lipinski definition) is 5. The highest BCUT2D eigenvalue weighted by Crippen LogP contribution is 2.04. The number of aliphatic carboxylic acids is 2. The molecule has 0 bridgehead atoms. The van der Waals surface area contributed by atoms with E-state index < -0.39 is 25.2 Å². The third-order valence-corrected chi connectivity index (χ3v) is 0.771. The minimum Gasteiger partial charge on any atom is -0.480 e. The molecule has 1 saturated heterocycles. The summed E-state index contributed by atoms with van der Waals surface area (Å²) in [6, 6.07) is 0. The van der Waals surface area contributed by atoms with E-state index in [1.54, 1.807) is 0 Å². The fraction of sp³-hybridized carbons (Fsp3) is 0.714. The van der Waals surface area contributed by atoms with Gasteiger partial charge in [-0.15, -0.1) is 0 Å². The average molecular weight is 210 g/mol. The fourth-order valence-electron chi connectivity index (χ4n) is 0.0962. The van der Waals surface area contributed by atoms with E-state index in [4.69, 9.17) is 34.8 Å². The molecule has 7 nitrogen and oxygen atoms in total. The Hall–Kier alpha value is -1.18. The Morgan fingerprint density at radius 3 is 1.36 bits per heavy atom. The molecule has 0 aromatic rings. The Bertz CT molecular complexity index is 149. The Labute approximate surface area is 80.5 Å². The first kappa shape index (κ1) is 15.3. The van der Waals surface area contributed by atoms with E-state index in [9.17, 15) is 0 Å². The van der Waals surface area contributed by atoms with Crippen LogP contribution in [0.25, 0.3) is 0 Å². The van der Waals surface area contributed by atoms with Crippen LogP contribution in [0, 0.1) is 0 Å². The minimum absolute atomic E-state index is 0.583. The zero-order chi connectivity index (χ0) is 11.6. The van der Waals surface area contributed by atoms with E-state index in [2.05, 4.69) is 6.92 Å². The van der Waals surface area contributed by atoms with E-state index in [1.165, 1.54) is 0 Å². The molecule has 7 heteroatoms. The lowest BCUT2D eigenvalue weighted by atomic mass is 10.6. The van der Waals surface area contributed by atoms with Crippen LogP contribution < -0.4 is 0 Å². The van der Waals surface area contributed by atoms with Gasteiger partial charge in [0.2, 0.25) is 0 Å². The summed E-state index contributed by atoms with van der Waals surface area (Å²) in [5.41, 5.74) is 0. The summed E-state index contributed by atoms with van der Waals surface area (Å²) in [5, 5.41) is 30.0. The summed E-state index contributed by atoms with van der Waals surface area (Å²) in [6.07, 6.45) is 0.583. The number of carboxylic acids is 2. The predicted octanol–water partition coefficient (Wildman–Crippen LogP) is -1.47. The van der Waals surface area contributed by atoms with E-state index in [1.807, 2.05) is 0 Å². The number of epoxide rings is 1. The lowest BCUT2D eigenvalue weighted by molar-refractivity contribution is -0.141. The van der Waals surface area contributed by atoms with Crippen molar-refractivity contribution in [3.63, 3.8) is 0 Å². The molecular formula is C7H14O7. The molecule has 1 aliphatic heterocycles. The Morgan fingerprint density at radius 1 is 1.21 bits per heavy atom. The highest BCUT2D eigenvalue weighted by Gasteiger charge is 2.13. The van der Waals surface area contributed by atoms with Gasteiger partial charge >= 0.3 is 11.9 Å². The second-order valence-electron chi connectivity index (χ2n) is 2.25. The van der Waals surface area contributed by atoms with Gasteiger partial charge in [-0.05, 0) is 6.92 Å². The Kier molecular flexibility index (Phi) is 10.8. The zero-order valence-corrected chi connectivity index (χ0v) is 7.71. The molecule has 0 amide bonds. The third-order valence-electron chi connectivity index (χ3n) is 0.771. The number of carboxylic acid groups (broad SMARTS) is 2. The van der Waals surface area contributed by atoms with Gasteiger partial charge in [0.1, 0.15) is 13.2 Å². The quantitative estimate of drug-likeness (QED) is 0.410. The van der Waals surface area contributed by atoms with Crippen molar-refractivity contribution in [2.75, 3.05) is 19.8 Å². The monoisotopic (exact) mass is 210 g/mol. The molecule has 1 unspecified atom stereocenters. The summed E-state index contributed by atoms with van der Waals surface area (Å²) in [4.78, 5) is 18.2. The van der Waals surface area contributed by atoms with Gasteiger partial charge in [-0.1, -0.05) is 0 Å². The molecule has 1 atom stereocenters. The molecule has 0 aromatic heterocycles. The van der Waals surface area contributed by atoms with Crippen molar-refractivity contribution in [3.8, 4) is 0 Å². The second kappa shape index (κ2) is 9.90. The normalized spacial score (nSPS) is 16.6. The van der Waals surface area contributed by atoms with Crippen LogP contribution in [0.4, 0.5) is 0 Å². The van der Waals surface area contributed by atoms with Gasteiger partial charge in [-0.3, -0.25) is 0 Å². The summed E-state index contributed by atoms with van der Waals surface area (Å²) in [6.45, 7) is 1.49. The summed E-state index contributed by atoms with van der Waals surface area (Å²) in [7, 11) is 0. The molecular weight excluding hydrogens is 196 g/mol. The number of ether oxygens (including phenoxy) is 1. The Balaban J connectivity index is 0. The Morgan fingerprint density at radius 2 is 1.36 bits per heavy atom. The number of hydrogen-bond donors (Lipinski definition) is 4. The van der Waals surface area contributed by atoms with E-state index in [0.717, 1.165) is 6.61 Å². The van der Waals surface area contributed by atoms with Gasteiger partial charge in [0, 0.05) is 0 Å². The van der Waals surface area contributed by atoms with Gasteiger partial charge in [0.15, 0.2) is 0 Å². The first-order chi connectivity index (χ1) is 6.43. The molecule has 0 aliphatic carbocycles. The van der Waals surface area contributed by atoms with Crippen LogP contribution in [-0.4, -0.2) is 58.3 Å². The molecule has 1 heterocycles. The van der Waals surface area contributed by atoms with E-state index >= 15 is 0 Å². The van der Waals surface area contributed by atoms with Crippen molar-refractivity contribution in [2.45, 2.75) is 13.0 Å². The van der Waals surface area contributed by atoms with Crippen molar-refractivity contribution >= 4 is 11.9 Å². The topological polar surface area (TPSA) is 128 Å². The minimum atomic E-state index is -1.19. The van der Waals surface area contributed by atoms with Gasteiger partial charge in [0.05, 0.1) is 12.7 Å². The van der Waals surface area contributed by atoms with Crippen molar-refractivity contribution in [1.29, 1.82) is 0 Å². The average Bonchev–Trinajstić information content (AvgIpc) is 2.89. The summed E-state index contributed by atoms with van der Waals surface area (Å²) < 4.78 is 4.71.